The van der Waals surface area contributed by atoms with Crippen LogP contribution in [0.3, 0.4) is 0 Å². The molecule has 2 aromatic carbocycles. The lowest BCUT2D eigenvalue weighted by Crippen LogP contribution is -2.45. The molecule has 1 aliphatic rings. The van der Waals surface area contributed by atoms with Crippen LogP contribution in [0.5, 0.6) is 0 Å². The minimum atomic E-state index is -4.68. The van der Waals surface area contributed by atoms with Crippen molar-refractivity contribution in [3.05, 3.63) is 77.5 Å². The van der Waals surface area contributed by atoms with Crippen molar-refractivity contribution in [3.63, 3.8) is 0 Å². The van der Waals surface area contributed by atoms with Crippen molar-refractivity contribution in [2.75, 3.05) is 6.54 Å². The smallest absolute Gasteiger partial charge is 0.351 e. The van der Waals surface area contributed by atoms with E-state index in [0.717, 1.165) is 42.5 Å². The molecule has 196 valence electrons. The number of aromatic nitrogens is 2. The van der Waals surface area contributed by atoms with Crippen molar-refractivity contribution < 1.29 is 39.6 Å². The van der Waals surface area contributed by atoms with Crippen molar-refractivity contribution in [2.24, 2.45) is 0 Å². The molecule has 1 amide bonds. The molecular weight excluding hydrogens is 526 g/mol. The van der Waals surface area contributed by atoms with Crippen molar-refractivity contribution in [2.45, 2.75) is 36.3 Å². The molecule has 0 aliphatic carbocycles. The quantitative estimate of drug-likeness (QED) is 0.476. The molecule has 2 heterocycles. The molecule has 3 aromatic rings. The van der Waals surface area contributed by atoms with Crippen LogP contribution in [0.25, 0.3) is 11.3 Å². The number of carbonyl (C=O) groups is 1. The molecule has 2 unspecified atom stereocenters. The van der Waals surface area contributed by atoms with E-state index in [1.807, 2.05) is 0 Å². The summed E-state index contributed by atoms with van der Waals surface area (Å²) < 4.78 is 106. The first-order valence-electron chi connectivity index (χ1n) is 10.7. The minimum Gasteiger partial charge on any atom is -0.351 e. The third kappa shape index (κ3) is 5.74. The maximum absolute atomic E-state index is 14.4. The van der Waals surface area contributed by atoms with E-state index in [2.05, 4.69) is 15.5 Å². The number of hydrogen-bond donors (Lipinski definition) is 1. The van der Waals surface area contributed by atoms with E-state index in [1.165, 1.54) is 12.1 Å². The Bertz CT molecular complexity index is 1400. The Balaban J connectivity index is 1.50. The fraction of sp³-hybridized carbons (Fsp3) is 0.261. The number of hydrogen-bond acceptors (Lipinski definition) is 5. The Morgan fingerprint density at radius 2 is 1.73 bits per heavy atom. The molecule has 1 fully saturated rings. The minimum absolute atomic E-state index is 0.0215. The van der Waals surface area contributed by atoms with Gasteiger partial charge in [-0.3, -0.25) is 4.79 Å². The van der Waals surface area contributed by atoms with E-state index in [1.54, 1.807) is 0 Å². The fourth-order valence-electron chi connectivity index (χ4n) is 3.81. The van der Waals surface area contributed by atoms with Gasteiger partial charge in [-0.2, -0.15) is 17.5 Å². The average molecular weight is 544 g/mol. The van der Waals surface area contributed by atoms with Crippen LogP contribution >= 0.6 is 0 Å². The molecule has 7 nitrogen and oxygen atoms in total. The van der Waals surface area contributed by atoms with Crippen molar-refractivity contribution >= 4 is 15.9 Å². The number of carbonyl (C=O) groups excluding carboxylic acids is 1. The van der Waals surface area contributed by atoms with Crippen LogP contribution in [-0.2, 0) is 27.5 Å². The molecular formula is C23H18F6N4O3S. The highest BCUT2D eigenvalue weighted by Gasteiger charge is 2.44. The zero-order valence-electron chi connectivity index (χ0n) is 18.7. The Morgan fingerprint density at radius 1 is 1.03 bits per heavy atom. The molecule has 0 saturated carbocycles. The van der Waals surface area contributed by atoms with Gasteiger partial charge in [0.15, 0.2) is 5.69 Å². The summed E-state index contributed by atoms with van der Waals surface area (Å²) in [5.41, 5.74) is -1.03. The van der Waals surface area contributed by atoms with Gasteiger partial charge in [0.2, 0.25) is 15.9 Å². The van der Waals surface area contributed by atoms with Gasteiger partial charge in [-0.05, 0) is 54.6 Å². The Morgan fingerprint density at radius 3 is 2.35 bits per heavy atom. The summed E-state index contributed by atoms with van der Waals surface area (Å²) in [6, 6.07) is 7.70. The van der Waals surface area contributed by atoms with Crippen LogP contribution in [0.15, 0.2) is 59.5 Å². The van der Waals surface area contributed by atoms with Gasteiger partial charge in [0, 0.05) is 30.6 Å². The molecule has 1 saturated heterocycles. The van der Waals surface area contributed by atoms with Gasteiger partial charge in [-0.15, -0.1) is 10.2 Å². The zero-order chi connectivity index (χ0) is 27.0. The predicted molar refractivity (Wildman–Crippen MR) is 118 cm³/mol. The van der Waals surface area contributed by atoms with Gasteiger partial charge < -0.3 is 5.32 Å². The van der Waals surface area contributed by atoms with E-state index in [-0.39, 0.29) is 21.7 Å². The van der Waals surface area contributed by atoms with Crippen molar-refractivity contribution in [3.8, 4) is 11.3 Å². The summed E-state index contributed by atoms with van der Waals surface area (Å²) in [4.78, 5) is 12.5. The first kappa shape index (κ1) is 26.5. The second kappa shape index (κ2) is 10.1. The van der Waals surface area contributed by atoms with Crippen molar-refractivity contribution in [1.29, 1.82) is 0 Å². The lowest BCUT2D eigenvalue weighted by Gasteiger charge is -2.23. The van der Waals surface area contributed by atoms with E-state index in [0.29, 0.717) is 4.31 Å². The molecule has 1 aromatic heterocycles. The Hall–Kier alpha value is -3.52. The van der Waals surface area contributed by atoms with Crippen molar-refractivity contribution in [1.82, 2.24) is 19.8 Å². The number of benzene rings is 2. The Labute approximate surface area is 207 Å². The summed E-state index contributed by atoms with van der Waals surface area (Å²) in [5, 5.41) is 9.00. The van der Waals surface area contributed by atoms with Gasteiger partial charge in [0.1, 0.15) is 23.8 Å². The molecule has 0 bridgehead atoms. The maximum Gasteiger partial charge on any atom is 0.435 e. The molecule has 1 aliphatic heterocycles. The van der Waals surface area contributed by atoms with Crippen LogP contribution < -0.4 is 5.32 Å². The number of alkyl halides is 4. The highest BCUT2D eigenvalue weighted by atomic mass is 32.2. The van der Waals surface area contributed by atoms with Gasteiger partial charge in [0.05, 0.1) is 10.6 Å². The third-order valence-corrected chi connectivity index (χ3v) is 7.57. The van der Waals surface area contributed by atoms with Crippen LogP contribution in [0, 0.1) is 11.6 Å². The fourth-order valence-corrected chi connectivity index (χ4v) is 5.44. The first-order chi connectivity index (χ1) is 17.4. The topological polar surface area (TPSA) is 92.3 Å². The molecule has 2 atom stereocenters. The SMILES string of the molecule is O=C(NCc1cc(-c2ccc(C(F)(F)F)nn2)ccc1F)C1CC(F)CN1S(=O)(=O)c1ccc(F)cc1. The van der Waals surface area contributed by atoms with Gasteiger partial charge in [0.25, 0.3) is 0 Å². The van der Waals surface area contributed by atoms with E-state index in [9.17, 15) is 39.6 Å². The summed E-state index contributed by atoms with van der Waals surface area (Å²) in [6.45, 7) is -1.02. The van der Waals surface area contributed by atoms with E-state index < -0.39 is 71.2 Å². The third-order valence-electron chi connectivity index (χ3n) is 5.68. The standard InChI is InChI=1S/C23H18F6N4O3S/c24-15-2-4-17(5-3-15)37(35,36)33-12-16(25)10-20(33)22(34)30-11-14-9-13(1-6-18(14)26)19-7-8-21(32-31-19)23(27,28)29/h1-9,16,20H,10-12H2,(H,30,34). The normalized spacial score (nSPS) is 18.6. The summed E-state index contributed by atoms with van der Waals surface area (Å²) >= 11 is 0. The van der Waals surface area contributed by atoms with Crippen LogP contribution in [0.1, 0.15) is 17.7 Å². The van der Waals surface area contributed by atoms with Gasteiger partial charge in [-0.1, -0.05) is 0 Å². The summed E-state index contributed by atoms with van der Waals surface area (Å²) in [5.74, 6) is -2.32. The van der Waals surface area contributed by atoms with Crippen LogP contribution in [-0.4, -0.2) is 47.6 Å². The number of amides is 1. The van der Waals surface area contributed by atoms with Gasteiger partial charge in [-0.25, -0.2) is 21.6 Å². The highest BCUT2D eigenvalue weighted by Crippen LogP contribution is 2.30. The largest absolute Gasteiger partial charge is 0.435 e. The second-order valence-corrected chi connectivity index (χ2v) is 10.1. The van der Waals surface area contributed by atoms with Crippen LogP contribution in [0.4, 0.5) is 26.3 Å². The number of sulfonamides is 1. The van der Waals surface area contributed by atoms with E-state index >= 15 is 0 Å². The number of halogens is 6. The molecule has 1 N–H and O–H groups in total. The zero-order valence-corrected chi connectivity index (χ0v) is 19.5. The number of rotatable bonds is 6. The molecule has 4 rings (SSSR count). The average Bonchev–Trinajstić information content (AvgIpc) is 3.26. The monoisotopic (exact) mass is 544 g/mol. The second-order valence-electron chi connectivity index (χ2n) is 8.20. The Kier molecular flexibility index (Phi) is 7.24. The highest BCUT2D eigenvalue weighted by molar-refractivity contribution is 7.89. The number of nitrogens with zero attached hydrogens (tertiary/aromatic N) is 3. The lowest BCUT2D eigenvalue weighted by molar-refractivity contribution is -0.141. The van der Waals surface area contributed by atoms with Gasteiger partial charge >= 0.3 is 6.18 Å². The maximum atomic E-state index is 14.4. The number of nitrogens with one attached hydrogen (secondary N) is 1. The lowest BCUT2D eigenvalue weighted by atomic mass is 10.1. The molecule has 14 heteroatoms. The molecule has 37 heavy (non-hydrogen) atoms. The molecule has 0 spiro atoms. The first-order valence-corrected chi connectivity index (χ1v) is 12.2. The molecule has 0 radical (unpaired) electrons. The van der Waals surface area contributed by atoms with Crippen LogP contribution in [0.2, 0.25) is 0 Å². The summed E-state index contributed by atoms with van der Waals surface area (Å²) in [6.07, 6.45) is -6.75. The van der Waals surface area contributed by atoms with E-state index in [4.69, 9.17) is 0 Å². The predicted octanol–water partition coefficient (Wildman–Crippen LogP) is 3.86. The summed E-state index contributed by atoms with van der Waals surface area (Å²) in [7, 11) is -4.33.